The van der Waals surface area contributed by atoms with Crippen LogP contribution in [0.5, 0.6) is 0 Å². The van der Waals surface area contributed by atoms with Crippen LogP contribution < -0.4 is 0 Å². The zero-order chi connectivity index (χ0) is 7.03. The van der Waals surface area contributed by atoms with Gasteiger partial charge in [0.05, 0.1) is 7.85 Å². The molecule has 0 aromatic carbocycles. The van der Waals surface area contributed by atoms with E-state index < -0.39 is 0 Å². The van der Waals surface area contributed by atoms with Gasteiger partial charge in [0.2, 0.25) is 0 Å². The van der Waals surface area contributed by atoms with Crippen molar-refractivity contribution in [1.82, 2.24) is 0 Å². The molecule has 54 valence electrons. The topological polar surface area (TPSA) is 0 Å². The van der Waals surface area contributed by atoms with Gasteiger partial charge in [-0.15, -0.1) is 0 Å². The van der Waals surface area contributed by atoms with Gasteiger partial charge in [0.15, 0.2) is 0 Å². The van der Waals surface area contributed by atoms with E-state index in [1.54, 1.807) is 0 Å². The first kappa shape index (κ1) is 6.76. The molecule has 0 nitrogen and oxygen atoms in total. The molecule has 10 heavy (non-hydrogen) atoms. The molecule has 1 atom stereocenters. The normalized spacial score (nSPS) is 37.4. The van der Waals surface area contributed by atoms with Gasteiger partial charge in [-0.25, -0.2) is 0 Å². The molecule has 1 unspecified atom stereocenters. The largest absolute Gasteiger partial charge is 0.0768 e. The van der Waals surface area contributed by atoms with E-state index in [1.165, 1.54) is 44.9 Å². The second kappa shape index (κ2) is 2.28. The molecular weight excluding hydrogens is 119 g/mol. The van der Waals surface area contributed by atoms with Crippen LogP contribution in [0.2, 0.25) is 5.82 Å². The van der Waals surface area contributed by atoms with E-state index in [0.717, 1.165) is 5.41 Å². The van der Waals surface area contributed by atoms with Gasteiger partial charge >= 0.3 is 0 Å². The first-order valence-corrected chi connectivity index (χ1v) is 4.56. The van der Waals surface area contributed by atoms with Crippen LogP contribution in [0.4, 0.5) is 0 Å². The standard InChI is InChI=1S/C9H15B/c10-8-3-6-9(7-8)4-1-2-5-9/h8H,1-7H2. The molecule has 0 bridgehead atoms. The zero-order valence-electron chi connectivity index (χ0n) is 6.60. The van der Waals surface area contributed by atoms with E-state index in [-0.39, 0.29) is 0 Å². The van der Waals surface area contributed by atoms with Crippen molar-refractivity contribution in [1.29, 1.82) is 0 Å². The predicted octanol–water partition coefficient (Wildman–Crippen LogP) is 2.69. The maximum absolute atomic E-state index is 5.89. The van der Waals surface area contributed by atoms with Crippen molar-refractivity contribution < 1.29 is 0 Å². The highest BCUT2D eigenvalue weighted by Gasteiger charge is 2.38. The molecule has 0 aliphatic heterocycles. The SMILES string of the molecule is [B]C1CCC2(CCCC2)C1. The predicted molar refractivity (Wildman–Crippen MR) is 44.3 cm³/mol. The third kappa shape index (κ3) is 1.000. The lowest BCUT2D eigenvalue weighted by Gasteiger charge is -2.21. The third-order valence-electron chi connectivity index (χ3n) is 3.40. The maximum atomic E-state index is 5.89. The Morgan fingerprint density at radius 1 is 1.10 bits per heavy atom. The van der Waals surface area contributed by atoms with Gasteiger partial charge in [-0.05, 0) is 24.7 Å². The lowest BCUT2D eigenvalue weighted by atomic mass is 9.79. The molecule has 2 radical (unpaired) electrons. The fourth-order valence-corrected chi connectivity index (χ4v) is 2.83. The Bertz CT molecular complexity index is 125. The molecular formula is C9H15B. The van der Waals surface area contributed by atoms with E-state index in [4.69, 9.17) is 7.85 Å². The molecule has 2 aliphatic carbocycles. The highest BCUT2D eigenvalue weighted by atomic mass is 14.4. The highest BCUT2D eigenvalue weighted by molar-refractivity contribution is 6.11. The molecule has 0 amide bonds. The zero-order valence-corrected chi connectivity index (χ0v) is 6.60. The first-order valence-electron chi connectivity index (χ1n) is 4.56. The van der Waals surface area contributed by atoms with Crippen molar-refractivity contribution >= 4 is 7.85 Å². The molecule has 0 aromatic rings. The Morgan fingerprint density at radius 3 is 2.30 bits per heavy atom. The summed E-state index contributed by atoms with van der Waals surface area (Å²) in [5.74, 6) is 0.540. The second-order valence-electron chi connectivity index (χ2n) is 4.21. The third-order valence-corrected chi connectivity index (χ3v) is 3.40. The summed E-state index contributed by atoms with van der Waals surface area (Å²) in [6, 6.07) is 0. The van der Waals surface area contributed by atoms with Crippen LogP contribution in [0.15, 0.2) is 0 Å². The molecule has 2 aliphatic rings. The lowest BCUT2D eigenvalue weighted by Crippen LogP contribution is -2.09. The summed E-state index contributed by atoms with van der Waals surface area (Å²) in [4.78, 5) is 0. The Kier molecular flexibility index (Phi) is 1.54. The Balaban J connectivity index is 2.03. The van der Waals surface area contributed by atoms with Crippen LogP contribution >= 0.6 is 0 Å². The van der Waals surface area contributed by atoms with Crippen molar-refractivity contribution in [2.24, 2.45) is 5.41 Å². The van der Waals surface area contributed by atoms with Gasteiger partial charge in [-0.3, -0.25) is 0 Å². The van der Waals surface area contributed by atoms with Crippen molar-refractivity contribution in [3.05, 3.63) is 0 Å². The quantitative estimate of drug-likeness (QED) is 0.447. The van der Waals surface area contributed by atoms with Crippen molar-refractivity contribution in [3.63, 3.8) is 0 Å². The summed E-state index contributed by atoms with van der Waals surface area (Å²) >= 11 is 0. The van der Waals surface area contributed by atoms with Crippen LogP contribution in [0, 0.1) is 5.41 Å². The molecule has 0 N–H and O–H groups in total. The van der Waals surface area contributed by atoms with Gasteiger partial charge in [-0.2, -0.15) is 0 Å². The fraction of sp³-hybridized carbons (Fsp3) is 1.00. The summed E-state index contributed by atoms with van der Waals surface area (Å²) in [6.07, 6.45) is 9.92. The van der Waals surface area contributed by atoms with E-state index in [2.05, 4.69) is 0 Å². The van der Waals surface area contributed by atoms with Gasteiger partial charge in [0.25, 0.3) is 0 Å². The Labute approximate surface area is 64.8 Å². The molecule has 1 spiro atoms. The fourth-order valence-electron chi connectivity index (χ4n) is 2.83. The highest BCUT2D eigenvalue weighted by Crippen LogP contribution is 2.53. The van der Waals surface area contributed by atoms with Crippen LogP contribution in [-0.2, 0) is 0 Å². The van der Waals surface area contributed by atoms with Crippen LogP contribution in [0.1, 0.15) is 44.9 Å². The van der Waals surface area contributed by atoms with Gasteiger partial charge < -0.3 is 0 Å². The minimum absolute atomic E-state index is 0.540. The molecule has 2 fully saturated rings. The van der Waals surface area contributed by atoms with E-state index in [9.17, 15) is 0 Å². The van der Waals surface area contributed by atoms with Crippen molar-refractivity contribution in [3.8, 4) is 0 Å². The summed E-state index contributed by atoms with van der Waals surface area (Å²) in [6.45, 7) is 0. The molecule has 0 heterocycles. The Hall–Kier alpha value is 0.0649. The minimum atomic E-state index is 0.540. The monoisotopic (exact) mass is 134 g/mol. The lowest BCUT2D eigenvalue weighted by molar-refractivity contribution is 0.309. The second-order valence-corrected chi connectivity index (χ2v) is 4.21. The molecule has 0 saturated heterocycles. The molecule has 1 heteroatoms. The minimum Gasteiger partial charge on any atom is -0.0768 e. The van der Waals surface area contributed by atoms with Gasteiger partial charge in [0.1, 0.15) is 0 Å². The van der Waals surface area contributed by atoms with Gasteiger partial charge in [0, 0.05) is 0 Å². The van der Waals surface area contributed by atoms with Crippen LogP contribution in [-0.4, -0.2) is 7.85 Å². The average molecular weight is 134 g/mol. The molecule has 0 aromatic heterocycles. The maximum Gasteiger partial charge on any atom is 0.0699 e. The van der Waals surface area contributed by atoms with Crippen molar-refractivity contribution in [2.45, 2.75) is 50.8 Å². The summed E-state index contributed by atoms with van der Waals surface area (Å²) in [5.41, 5.74) is 0.736. The number of hydrogen-bond acceptors (Lipinski definition) is 0. The summed E-state index contributed by atoms with van der Waals surface area (Å²) in [5, 5.41) is 0. The molecule has 2 saturated carbocycles. The molecule has 2 rings (SSSR count). The average Bonchev–Trinajstić information content (AvgIpc) is 2.46. The summed E-state index contributed by atoms with van der Waals surface area (Å²) in [7, 11) is 5.89. The first-order chi connectivity index (χ1) is 4.81. The van der Waals surface area contributed by atoms with Gasteiger partial charge in [-0.1, -0.05) is 31.5 Å². The van der Waals surface area contributed by atoms with E-state index >= 15 is 0 Å². The van der Waals surface area contributed by atoms with E-state index in [1.807, 2.05) is 0 Å². The Morgan fingerprint density at radius 2 is 1.80 bits per heavy atom. The number of hydrogen-bond donors (Lipinski definition) is 0. The summed E-state index contributed by atoms with van der Waals surface area (Å²) < 4.78 is 0. The smallest absolute Gasteiger partial charge is 0.0699 e. The van der Waals surface area contributed by atoms with E-state index in [0.29, 0.717) is 5.82 Å². The van der Waals surface area contributed by atoms with Crippen LogP contribution in [0.25, 0.3) is 0 Å². The van der Waals surface area contributed by atoms with Crippen LogP contribution in [0.3, 0.4) is 0 Å². The number of rotatable bonds is 0. The van der Waals surface area contributed by atoms with Crippen molar-refractivity contribution in [2.75, 3.05) is 0 Å².